The molecule has 1 aliphatic carbocycles. The number of rotatable bonds is 1. The second kappa shape index (κ2) is 2.01. The lowest BCUT2D eigenvalue weighted by atomic mass is 10.1. The Bertz CT molecular complexity index is 238. The molecule has 0 unspecified atom stereocenters. The van der Waals surface area contributed by atoms with Crippen molar-refractivity contribution < 1.29 is 5.11 Å². The fourth-order valence-corrected chi connectivity index (χ4v) is 1.20. The van der Waals surface area contributed by atoms with Crippen LogP contribution in [0.3, 0.4) is 0 Å². The van der Waals surface area contributed by atoms with Crippen LogP contribution in [0, 0.1) is 0 Å². The van der Waals surface area contributed by atoms with E-state index in [9.17, 15) is 0 Å². The van der Waals surface area contributed by atoms with Crippen molar-refractivity contribution in [3.63, 3.8) is 0 Å². The summed E-state index contributed by atoms with van der Waals surface area (Å²) in [6.45, 7) is 0. The predicted molar refractivity (Wildman–Crippen MR) is 40.1 cm³/mol. The summed E-state index contributed by atoms with van der Waals surface area (Å²) in [5, 5.41) is 9.09. The Balaban J connectivity index is 2.32. The first-order chi connectivity index (χ1) is 4.86. The van der Waals surface area contributed by atoms with Gasteiger partial charge in [0.1, 0.15) is 5.75 Å². The summed E-state index contributed by atoms with van der Waals surface area (Å²) in [4.78, 5) is 0. The van der Waals surface area contributed by atoms with E-state index in [1.54, 1.807) is 6.07 Å². The molecular weight excluding hydrogens is 124 g/mol. The molecule has 0 radical (unpaired) electrons. The molecule has 0 aromatic heterocycles. The minimum Gasteiger partial charge on any atom is -0.508 e. The SMILES string of the molecule is Oc1cccc(C2CC2)c1. The third kappa shape index (κ3) is 0.991. The number of hydrogen-bond acceptors (Lipinski definition) is 1. The molecule has 0 spiro atoms. The minimum absolute atomic E-state index is 0.393. The molecule has 0 saturated heterocycles. The van der Waals surface area contributed by atoms with Crippen LogP contribution in [0.25, 0.3) is 0 Å². The van der Waals surface area contributed by atoms with Gasteiger partial charge in [-0.15, -0.1) is 0 Å². The van der Waals surface area contributed by atoms with Crippen LogP contribution < -0.4 is 0 Å². The Kier molecular flexibility index (Phi) is 1.16. The molecule has 52 valence electrons. The van der Waals surface area contributed by atoms with Gasteiger partial charge in [-0.25, -0.2) is 0 Å². The van der Waals surface area contributed by atoms with Crippen molar-refractivity contribution in [3.8, 4) is 5.75 Å². The first-order valence-corrected chi connectivity index (χ1v) is 3.65. The predicted octanol–water partition coefficient (Wildman–Crippen LogP) is 2.27. The van der Waals surface area contributed by atoms with Gasteiger partial charge in [0.2, 0.25) is 0 Å². The molecule has 2 rings (SSSR count). The molecule has 0 aliphatic heterocycles. The molecule has 1 fully saturated rings. The van der Waals surface area contributed by atoms with E-state index in [2.05, 4.69) is 6.07 Å². The number of phenolic OH excluding ortho intramolecular Hbond substituents is 1. The largest absolute Gasteiger partial charge is 0.508 e. The van der Waals surface area contributed by atoms with Crippen molar-refractivity contribution in [3.05, 3.63) is 29.8 Å². The molecule has 0 atom stereocenters. The van der Waals surface area contributed by atoms with Crippen molar-refractivity contribution in [2.75, 3.05) is 0 Å². The van der Waals surface area contributed by atoms with E-state index in [-0.39, 0.29) is 0 Å². The van der Waals surface area contributed by atoms with Gasteiger partial charge in [-0.05, 0) is 36.5 Å². The van der Waals surface area contributed by atoms with Crippen LogP contribution in [0.15, 0.2) is 24.3 Å². The first kappa shape index (κ1) is 5.78. The van der Waals surface area contributed by atoms with E-state index in [1.165, 1.54) is 18.4 Å². The van der Waals surface area contributed by atoms with Crippen molar-refractivity contribution in [2.45, 2.75) is 18.8 Å². The molecule has 10 heavy (non-hydrogen) atoms. The zero-order valence-electron chi connectivity index (χ0n) is 5.75. The van der Waals surface area contributed by atoms with Crippen LogP contribution in [-0.2, 0) is 0 Å². The summed E-state index contributed by atoms with van der Waals surface area (Å²) in [6.07, 6.45) is 2.59. The fraction of sp³-hybridized carbons (Fsp3) is 0.333. The smallest absolute Gasteiger partial charge is 0.115 e. The van der Waals surface area contributed by atoms with Crippen LogP contribution in [0.2, 0.25) is 0 Å². The van der Waals surface area contributed by atoms with Crippen LogP contribution >= 0.6 is 0 Å². The third-order valence-corrected chi connectivity index (χ3v) is 1.92. The molecule has 0 bridgehead atoms. The maximum absolute atomic E-state index is 9.09. The molecule has 0 heterocycles. The minimum atomic E-state index is 0.393. The molecule has 1 heteroatoms. The van der Waals surface area contributed by atoms with Gasteiger partial charge in [0.15, 0.2) is 0 Å². The van der Waals surface area contributed by atoms with Crippen LogP contribution in [0.5, 0.6) is 5.75 Å². The lowest BCUT2D eigenvalue weighted by Gasteiger charge is -1.96. The topological polar surface area (TPSA) is 20.2 Å². The number of aromatic hydroxyl groups is 1. The quantitative estimate of drug-likeness (QED) is 0.624. The molecular formula is C9H10O. The van der Waals surface area contributed by atoms with Gasteiger partial charge in [-0.1, -0.05) is 12.1 Å². The summed E-state index contributed by atoms with van der Waals surface area (Å²) in [5.41, 5.74) is 1.29. The lowest BCUT2D eigenvalue weighted by molar-refractivity contribution is 0.474. The number of benzene rings is 1. The van der Waals surface area contributed by atoms with Gasteiger partial charge in [-0.3, -0.25) is 0 Å². The summed E-state index contributed by atoms with van der Waals surface area (Å²) in [6, 6.07) is 7.56. The van der Waals surface area contributed by atoms with Crippen LogP contribution in [0.4, 0.5) is 0 Å². The highest BCUT2D eigenvalue weighted by Crippen LogP contribution is 2.40. The van der Waals surface area contributed by atoms with E-state index in [0.29, 0.717) is 5.75 Å². The number of hydrogen-bond donors (Lipinski definition) is 1. The maximum atomic E-state index is 9.09. The van der Waals surface area contributed by atoms with Crippen molar-refractivity contribution in [1.29, 1.82) is 0 Å². The summed E-state index contributed by atoms with van der Waals surface area (Å²) in [5.74, 6) is 1.14. The van der Waals surface area contributed by atoms with Crippen LogP contribution in [-0.4, -0.2) is 5.11 Å². The van der Waals surface area contributed by atoms with E-state index in [4.69, 9.17) is 5.11 Å². The Hall–Kier alpha value is -0.980. The Labute approximate surface area is 60.3 Å². The molecule has 1 N–H and O–H groups in total. The zero-order chi connectivity index (χ0) is 6.97. The van der Waals surface area contributed by atoms with E-state index >= 15 is 0 Å². The Morgan fingerprint density at radius 1 is 1.30 bits per heavy atom. The monoisotopic (exact) mass is 134 g/mol. The first-order valence-electron chi connectivity index (χ1n) is 3.65. The molecule has 1 saturated carbocycles. The molecule has 0 amide bonds. The second-order valence-corrected chi connectivity index (χ2v) is 2.87. The second-order valence-electron chi connectivity index (χ2n) is 2.87. The summed E-state index contributed by atoms with van der Waals surface area (Å²) < 4.78 is 0. The number of phenols is 1. The van der Waals surface area contributed by atoms with E-state index < -0.39 is 0 Å². The van der Waals surface area contributed by atoms with Crippen molar-refractivity contribution in [2.24, 2.45) is 0 Å². The van der Waals surface area contributed by atoms with E-state index in [0.717, 1.165) is 5.92 Å². The standard InChI is InChI=1S/C9H10O/c10-9-3-1-2-8(6-9)7-4-5-7/h1-3,6-7,10H,4-5H2. The van der Waals surface area contributed by atoms with Gasteiger partial charge < -0.3 is 5.11 Å². The Morgan fingerprint density at radius 3 is 2.70 bits per heavy atom. The zero-order valence-corrected chi connectivity index (χ0v) is 5.75. The van der Waals surface area contributed by atoms with Gasteiger partial charge in [0.25, 0.3) is 0 Å². The highest BCUT2D eigenvalue weighted by molar-refractivity contribution is 5.31. The van der Waals surface area contributed by atoms with Gasteiger partial charge in [0, 0.05) is 0 Å². The molecule has 1 aromatic rings. The highest BCUT2D eigenvalue weighted by atomic mass is 16.3. The van der Waals surface area contributed by atoms with Gasteiger partial charge >= 0.3 is 0 Å². The van der Waals surface area contributed by atoms with Gasteiger partial charge in [0.05, 0.1) is 0 Å². The normalized spacial score (nSPS) is 17.2. The molecule has 1 nitrogen and oxygen atoms in total. The van der Waals surface area contributed by atoms with Crippen molar-refractivity contribution in [1.82, 2.24) is 0 Å². The third-order valence-electron chi connectivity index (χ3n) is 1.92. The maximum Gasteiger partial charge on any atom is 0.115 e. The summed E-state index contributed by atoms with van der Waals surface area (Å²) in [7, 11) is 0. The highest BCUT2D eigenvalue weighted by Gasteiger charge is 2.23. The average Bonchev–Trinajstić information content (AvgIpc) is 2.68. The Morgan fingerprint density at radius 2 is 2.10 bits per heavy atom. The lowest BCUT2D eigenvalue weighted by Crippen LogP contribution is -1.75. The van der Waals surface area contributed by atoms with E-state index in [1.807, 2.05) is 12.1 Å². The van der Waals surface area contributed by atoms with Crippen molar-refractivity contribution >= 4 is 0 Å². The molecule has 1 aliphatic rings. The fourth-order valence-electron chi connectivity index (χ4n) is 1.20. The average molecular weight is 134 g/mol. The molecule has 1 aromatic carbocycles. The van der Waals surface area contributed by atoms with Crippen LogP contribution in [0.1, 0.15) is 24.3 Å². The summed E-state index contributed by atoms with van der Waals surface area (Å²) >= 11 is 0. The van der Waals surface area contributed by atoms with Gasteiger partial charge in [-0.2, -0.15) is 0 Å².